The molecular formula is C40H24N2. The SMILES string of the molecule is c1ccc2c(-c3c4ccccc4nc4cc5c(-c6cccc7ccccc67)c6ccccc6nc5cc34)cccc2c1. The van der Waals surface area contributed by atoms with Gasteiger partial charge in [0.25, 0.3) is 0 Å². The molecule has 0 bridgehead atoms. The van der Waals surface area contributed by atoms with Gasteiger partial charge in [0.1, 0.15) is 0 Å². The minimum atomic E-state index is 0.975. The van der Waals surface area contributed by atoms with Crippen LogP contribution in [-0.4, -0.2) is 9.97 Å². The molecule has 0 fully saturated rings. The van der Waals surface area contributed by atoms with E-state index in [2.05, 4.69) is 146 Å². The zero-order valence-electron chi connectivity index (χ0n) is 22.8. The highest BCUT2D eigenvalue weighted by atomic mass is 14.7. The lowest BCUT2D eigenvalue weighted by atomic mass is 9.89. The van der Waals surface area contributed by atoms with E-state index in [0.29, 0.717) is 0 Å². The number of benzene rings is 7. The summed E-state index contributed by atoms with van der Waals surface area (Å²) in [4.78, 5) is 10.5. The highest BCUT2D eigenvalue weighted by molar-refractivity contribution is 6.20. The number of hydrogen-bond donors (Lipinski definition) is 0. The standard InChI is InChI=1S/C40H24N2/c1-3-15-27-25(11-1)13-9-19-29(27)39-31-17-5-7-21-35(31)41-37-24-34-38(23-33(37)39)42-36-22-8-6-18-32(36)40(34)30-20-10-14-26-12-2-4-16-28(26)30/h1-24H. The van der Waals surface area contributed by atoms with Crippen LogP contribution in [0, 0.1) is 0 Å². The zero-order chi connectivity index (χ0) is 27.6. The Morgan fingerprint density at radius 2 is 0.667 bits per heavy atom. The quantitative estimate of drug-likeness (QED) is 0.207. The molecular weight excluding hydrogens is 508 g/mol. The van der Waals surface area contributed by atoms with Gasteiger partial charge in [-0.1, -0.05) is 121 Å². The first kappa shape index (κ1) is 23.1. The summed E-state index contributed by atoms with van der Waals surface area (Å²) < 4.78 is 0. The van der Waals surface area contributed by atoms with Gasteiger partial charge >= 0.3 is 0 Å². The van der Waals surface area contributed by atoms with Crippen molar-refractivity contribution in [3.8, 4) is 22.3 Å². The monoisotopic (exact) mass is 532 g/mol. The average molecular weight is 533 g/mol. The molecule has 2 heterocycles. The van der Waals surface area contributed by atoms with E-state index in [-0.39, 0.29) is 0 Å². The zero-order valence-corrected chi connectivity index (χ0v) is 22.8. The van der Waals surface area contributed by atoms with Gasteiger partial charge in [-0.2, -0.15) is 0 Å². The minimum Gasteiger partial charge on any atom is -0.248 e. The molecule has 0 aliphatic rings. The van der Waals surface area contributed by atoms with Gasteiger partial charge in [0.15, 0.2) is 0 Å². The van der Waals surface area contributed by atoms with Crippen molar-refractivity contribution in [2.45, 2.75) is 0 Å². The summed E-state index contributed by atoms with van der Waals surface area (Å²) >= 11 is 0. The van der Waals surface area contributed by atoms with Crippen LogP contribution in [0.1, 0.15) is 0 Å². The normalized spacial score (nSPS) is 11.8. The van der Waals surface area contributed by atoms with E-state index in [0.717, 1.165) is 43.6 Å². The number of para-hydroxylation sites is 2. The second-order valence-electron chi connectivity index (χ2n) is 10.9. The molecule has 0 atom stereocenters. The Bertz CT molecular complexity index is 2340. The van der Waals surface area contributed by atoms with E-state index in [9.17, 15) is 0 Å². The van der Waals surface area contributed by atoms with Crippen molar-refractivity contribution in [1.29, 1.82) is 0 Å². The number of rotatable bonds is 2. The average Bonchev–Trinajstić information content (AvgIpc) is 3.05. The van der Waals surface area contributed by atoms with E-state index in [1.807, 2.05) is 0 Å². The Kier molecular flexibility index (Phi) is 4.93. The maximum Gasteiger partial charge on any atom is 0.0723 e. The number of pyridine rings is 2. The summed E-state index contributed by atoms with van der Waals surface area (Å²) in [6.07, 6.45) is 0. The van der Waals surface area contributed by atoms with Crippen LogP contribution in [-0.2, 0) is 0 Å². The smallest absolute Gasteiger partial charge is 0.0723 e. The van der Waals surface area contributed by atoms with Gasteiger partial charge in [-0.25, -0.2) is 9.97 Å². The van der Waals surface area contributed by atoms with Gasteiger partial charge in [-0.05, 0) is 56.9 Å². The molecule has 194 valence electrons. The molecule has 2 heteroatoms. The summed E-state index contributed by atoms with van der Waals surface area (Å²) in [5.74, 6) is 0. The Morgan fingerprint density at radius 1 is 0.286 bits per heavy atom. The number of fused-ring (bicyclic) bond motifs is 6. The van der Waals surface area contributed by atoms with Gasteiger partial charge in [0.2, 0.25) is 0 Å². The highest BCUT2D eigenvalue weighted by Gasteiger charge is 2.18. The van der Waals surface area contributed by atoms with E-state index in [4.69, 9.17) is 9.97 Å². The Labute approximate surface area is 242 Å². The third-order valence-electron chi connectivity index (χ3n) is 8.60. The number of nitrogens with zero attached hydrogens (tertiary/aromatic N) is 2. The summed E-state index contributed by atoms with van der Waals surface area (Å²) in [6.45, 7) is 0. The molecule has 0 N–H and O–H groups in total. The summed E-state index contributed by atoms with van der Waals surface area (Å²) in [5, 5.41) is 9.46. The van der Waals surface area contributed by atoms with Crippen LogP contribution >= 0.6 is 0 Å². The molecule has 9 aromatic rings. The summed E-state index contributed by atoms with van der Waals surface area (Å²) in [7, 11) is 0. The molecule has 0 saturated carbocycles. The first-order valence-corrected chi connectivity index (χ1v) is 14.3. The van der Waals surface area contributed by atoms with E-state index >= 15 is 0 Å². The van der Waals surface area contributed by atoms with Gasteiger partial charge in [-0.3, -0.25) is 0 Å². The van der Waals surface area contributed by atoms with Crippen LogP contribution in [0.5, 0.6) is 0 Å². The molecule has 0 radical (unpaired) electrons. The fourth-order valence-corrected chi connectivity index (χ4v) is 6.74. The van der Waals surface area contributed by atoms with Crippen LogP contribution in [0.2, 0.25) is 0 Å². The predicted molar refractivity (Wildman–Crippen MR) is 178 cm³/mol. The lowest BCUT2D eigenvalue weighted by molar-refractivity contribution is 1.48. The second-order valence-corrected chi connectivity index (χ2v) is 10.9. The molecule has 2 aromatic heterocycles. The first-order valence-electron chi connectivity index (χ1n) is 14.3. The lowest BCUT2D eigenvalue weighted by Crippen LogP contribution is -1.94. The molecule has 42 heavy (non-hydrogen) atoms. The van der Waals surface area contributed by atoms with Crippen LogP contribution in [0.15, 0.2) is 146 Å². The fourth-order valence-electron chi connectivity index (χ4n) is 6.74. The maximum absolute atomic E-state index is 5.24. The molecule has 0 aliphatic heterocycles. The number of aromatic nitrogens is 2. The summed E-state index contributed by atoms with van der Waals surface area (Å²) in [6, 6.07) is 51.9. The molecule has 0 aliphatic carbocycles. The Hall–Kier alpha value is -5.60. The Balaban J connectivity index is 1.48. The van der Waals surface area contributed by atoms with Crippen molar-refractivity contribution in [3.63, 3.8) is 0 Å². The van der Waals surface area contributed by atoms with Gasteiger partial charge in [-0.15, -0.1) is 0 Å². The molecule has 0 saturated heterocycles. The van der Waals surface area contributed by atoms with Crippen molar-refractivity contribution < 1.29 is 0 Å². The summed E-state index contributed by atoms with van der Waals surface area (Å²) in [5.41, 5.74) is 8.77. The lowest BCUT2D eigenvalue weighted by Gasteiger charge is -2.17. The van der Waals surface area contributed by atoms with Gasteiger partial charge in [0.05, 0.1) is 22.1 Å². The Morgan fingerprint density at radius 3 is 1.14 bits per heavy atom. The van der Waals surface area contributed by atoms with Crippen molar-refractivity contribution in [1.82, 2.24) is 9.97 Å². The maximum atomic E-state index is 5.24. The van der Waals surface area contributed by atoms with Crippen molar-refractivity contribution in [3.05, 3.63) is 146 Å². The second kappa shape index (κ2) is 8.95. The molecule has 9 rings (SSSR count). The first-order chi connectivity index (χ1) is 20.8. The van der Waals surface area contributed by atoms with E-state index in [1.165, 1.54) is 43.8 Å². The topological polar surface area (TPSA) is 25.8 Å². The molecule has 0 amide bonds. The molecule has 7 aromatic carbocycles. The molecule has 2 nitrogen and oxygen atoms in total. The largest absolute Gasteiger partial charge is 0.248 e. The van der Waals surface area contributed by atoms with Crippen molar-refractivity contribution in [2.75, 3.05) is 0 Å². The number of hydrogen-bond acceptors (Lipinski definition) is 2. The van der Waals surface area contributed by atoms with Gasteiger partial charge < -0.3 is 0 Å². The predicted octanol–water partition coefficient (Wildman–Crippen LogP) is 10.7. The van der Waals surface area contributed by atoms with Crippen LogP contribution in [0.3, 0.4) is 0 Å². The fraction of sp³-hybridized carbons (Fsp3) is 0. The third kappa shape index (κ3) is 3.39. The van der Waals surface area contributed by atoms with Gasteiger partial charge in [0, 0.05) is 32.7 Å². The van der Waals surface area contributed by atoms with Crippen molar-refractivity contribution >= 4 is 65.2 Å². The van der Waals surface area contributed by atoms with Crippen LogP contribution in [0.4, 0.5) is 0 Å². The molecule has 0 spiro atoms. The van der Waals surface area contributed by atoms with E-state index < -0.39 is 0 Å². The highest BCUT2D eigenvalue weighted by Crippen LogP contribution is 2.43. The van der Waals surface area contributed by atoms with Crippen LogP contribution < -0.4 is 0 Å². The third-order valence-corrected chi connectivity index (χ3v) is 8.60. The van der Waals surface area contributed by atoms with Crippen molar-refractivity contribution in [2.24, 2.45) is 0 Å². The van der Waals surface area contributed by atoms with Crippen LogP contribution in [0.25, 0.3) is 87.4 Å². The molecule has 0 unspecified atom stereocenters. The minimum absolute atomic E-state index is 0.975. The van der Waals surface area contributed by atoms with E-state index in [1.54, 1.807) is 0 Å².